The quantitative estimate of drug-likeness (QED) is 0.861. The van der Waals surface area contributed by atoms with E-state index in [1.54, 1.807) is 6.07 Å². The molecule has 0 fully saturated rings. The highest BCUT2D eigenvalue weighted by molar-refractivity contribution is 6.39. The molecule has 0 spiro atoms. The zero-order valence-electron chi connectivity index (χ0n) is 12.1. The molecular formula is C16H13Cl2F2NO2. The van der Waals surface area contributed by atoms with Crippen molar-refractivity contribution in [2.24, 2.45) is 0 Å². The second-order valence-electron chi connectivity index (χ2n) is 4.75. The molecule has 0 aromatic heterocycles. The van der Waals surface area contributed by atoms with Gasteiger partial charge in [-0.25, -0.2) is 8.78 Å². The molecule has 0 saturated carbocycles. The highest BCUT2D eigenvalue weighted by Gasteiger charge is 2.16. The van der Waals surface area contributed by atoms with Crippen LogP contribution >= 0.6 is 23.2 Å². The van der Waals surface area contributed by atoms with Gasteiger partial charge in [0.15, 0.2) is 0 Å². The Morgan fingerprint density at radius 1 is 1.13 bits per heavy atom. The Kier molecular flexibility index (Phi) is 5.93. The number of ether oxygens (including phenoxy) is 1. The first-order valence-corrected chi connectivity index (χ1v) is 7.37. The standard InChI is InChI=1S/C16H13Cl2F2NO2/c1-23-8-10-6-13(19)9(5-14(10)20)7-21-16(22)15-11(17)3-2-4-12(15)18/h2-6H,7-8H2,1H3,(H,21,22). The highest BCUT2D eigenvalue weighted by Crippen LogP contribution is 2.24. The minimum atomic E-state index is -0.635. The average molecular weight is 360 g/mol. The second kappa shape index (κ2) is 7.73. The van der Waals surface area contributed by atoms with Crippen molar-refractivity contribution in [1.29, 1.82) is 0 Å². The molecule has 0 aliphatic rings. The largest absolute Gasteiger partial charge is 0.380 e. The van der Waals surface area contributed by atoms with Gasteiger partial charge in [0, 0.05) is 24.8 Å². The zero-order chi connectivity index (χ0) is 17.0. The van der Waals surface area contributed by atoms with Crippen LogP contribution in [0.4, 0.5) is 8.78 Å². The van der Waals surface area contributed by atoms with Gasteiger partial charge in [-0.2, -0.15) is 0 Å². The van der Waals surface area contributed by atoms with E-state index in [9.17, 15) is 13.6 Å². The second-order valence-corrected chi connectivity index (χ2v) is 5.56. The predicted molar refractivity (Wildman–Crippen MR) is 84.7 cm³/mol. The van der Waals surface area contributed by atoms with Crippen molar-refractivity contribution in [2.45, 2.75) is 13.2 Å². The van der Waals surface area contributed by atoms with Crippen LogP contribution in [-0.4, -0.2) is 13.0 Å². The molecule has 0 bridgehead atoms. The first kappa shape index (κ1) is 17.7. The Bertz CT molecular complexity index is 718. The number of benzene rings is 2. The number of carbonyl (C=O) groups excluding carboxylic acids is 1. The summed E-state index contributed by atoms with van der Waals surface area (Å²) in [6.45, 7) is -0.235. The van der Waals surface area contributed by atoms with E-state index in [0.717, 1.165) is 12.1 Å². The molecule has 0 aliphatic heterocycles. The van der Waals surface area contributed by atoms with E-state index in [0.29, 0.717) is 0 Å². The summed E-state index contributed by atoms with van der Waals surface area (Å²) < 4.78 is 32.5. The van der Waals surface area contributed by atoms with Gasteiger partial charge in [-0.3, -0.25) is 4.79 Å². The Balaban J connectivity index is 2.15. The Morgan fingerprint density at radius 2 is 1.70 bits per heavy atom. The van der Waals surface area contributed by atoms with Gasteiger partial charge in [-0.05, 0) is 24.3 Å². The molecule has 0 atom stereocenters. The van der Waals surface area contributed by atoms with Crippen LogP contribution in [0, 0.1) is 11.6 Å². The van der Waals surface area contributed by atoms with Crippen molar-refractivity contribution in [3.63, 3.8) is 0 Å². The van der Waals surface area contributed by atoms with Gasteiger partial charge < -0.3 is 10.1 Å². The lowest BCUT2D eigenvalue weighted by molar-refractivity contribution is 0.0951. The van der Waals surface area contributed by atoms with E-state index in [-0.39, 0.29) is 39.9 Å². The van der Waals surface area contributed by atoms with Crippen molar-refractivity contribution in [2.75, 3.05) is 7.11 Å². The molecule has 1 amide bonds. The SMILES string of the molecule is COCc1cc(F)c(CNC(=O)c2c(Cl)cccc2Cl)cc1F. The van der Waals surface area contributed by atoms with Gasteiger partial charge in [0.1, 0.15) is 11.6 Å². The van der Waals surface area contributed by atoms with Crippen LogP contribution in [0.15, 0.2) is 30.3 Å². The summed E-state index contributed by atoms with van der Waals surface area (Å²) in [6.07, 6.45) is 0. The lowest BCUT2D eigenvalue weighted by Crippen LogP contribution is -2.24. The van der Waals surface area contributed by atoms with E-state index in [1.807, 2.05) is 0 Å². The Labute approximate surface area is 142 Å². The molecule has 7 heteroatoms. The van der Waals surface area contributed by atoms with Crippen molar-refractivity contribution in [3.05, 3.63) is 68.7 Å². The number of halogens is 4. The number of methoxy groups -OCH3 is 1. The summed E-state index contributed by atoms with van der Waals surface area (Å²) in [5.74, 6) is -1.81. The summed E-state index contributed by atoms with van der Waals surface area (Å²) in [5, 5.41) is 2.83. The summed E-state index contributed by atoms with van der Waals surface area (Å²) in [6, 6.07) is 6.70. The number of nitrogens with one attached hydrogen (secondary N) is 1. The number of hydrogen-bond donors (Lipinski definition) is 1. The maximum Gasteiger partial charge on any atom is 0.254 e. The summed E-state index contributed by atoms with van der Waals surface area (Å²) in [4.78, 5) is 12.1. The minimum Gasteiger partial charge on any atom is -0.380 e. The maximum absolute atomic E-state index is 13.9. The van der Waals surface area contributed by atoms with E-state index in [1.165, 1.54) is 19.2 Å². The molecule has 2 aromatic carbocycles. The fourth-order valence-corrected chi connectivity index (χ4v) is 2.58. The van der Waals surface area contributed by atoms with Crippen molar-refractivity contribution >= 4 is 29.1 Å². The molecular weight excluding hydrogens is 347 g/mol. The van der Waals surface area contributed by atoms with Crippen LogP contribution in [0.25, 0.3) is 0 Å². The maximum atomic E-state index is 13.9. The Morgan fingerprint density at radius 3 is 2.30 bits per heavy atom. The van der Waals surface area contributed by atoms with Crippen molar-refractivity contribution in [3.8, 4) is 0 Å². The van der Waals surface area contributed by atoms with Crippen LogP contribution in [0.5, 0.6) is 0 Å². The first-order chi connectivity index (χ1) is 10.9. The molecule has 2 rings (SSSR count). The molecule has 122 valence electrons. The van der Waals surface area contributed by atoms with Crippen LogP contribution in [0.3, 0.4) is 0 Å². The van der Waals surface area contributed by atoms with Gasteiger partial charge >= 0.3 is 0 Å². The molecule has 1 N–H and O–H groups in total. The average Bonchev–Trinajstić information content (AvgIpc) is 2.49. The Hall–Kier alpha value is -1.69. The number of amides is 1. The molecule has 3 nitrogen and oxygen atoms in total. The third-order valence-electron chi connectivity index (χ3n) is 3.14. The van der Waals surface area contributed by atoms with Gasteiger partial charge in [-0.1, -0.05) is 29.3 Å². The first-order valence-electron chi connectivity index (χ1n) is 6.62. The number of rotatable bonds is 5. The smallest absolute Gasteiger partial charge is 0.254 e. The van der Waals surface area contributed by atoms with Crippen molar-refractivity contribution < 1.29 is 18.3 Å². The molecule has 0 aliphatic carbocycles. The van der Waals surface area contributed by atoms with Crippen LogP contribution < -0.4 is 5.32 Å². The van der Waals surface area contributed by atoms with Gasteiger partial charge in [-0.15, -0.1) is 0 Å². The van der Waals surface area contributed by atoms with Crippen LogP contribution in [0.1, 0.15) is 21.5 Å². The van der Waals surface area contributed by atoms with Crippen LogP contribution in [-0.2, 0) is 17.9 Å². The van der Waals surface area contributed by atoms with E-state index >= 15 is 0 Å². The lowest BCUT2D eigenvalue weighted by Gasteiger charge is -2.10. The summed E-state index contributed by atoms with van der Waals surface area (Å²) in [7, 11) is 1.39. The molecule has 0 saturated heterocycles. The molecule has 23 heavy (non-hydrogen) atoms. The van der Waals surface area contributed by atoms with E-state index in [2.05, 4.69) is 5.32 Å². The summed E-state index contributed by atoms with van der Waals surface area (Å²) in [5.41, 5.74) is 0.209. The van der Waals surface area contributed by atoms with E-state index in [4.69, 9.17) is 27.9 Å². The van der Waals surface area contributed by atoms with Gasteiger partial charge in [0.05, 0.1) is 22.2 Å². The molecule has 0 unspecified atom stereocenters. The number of carbonyl (C=O) groups is 1. The summed E-state index contributed by atoms with van der Waals surface area (Å²) >= 11 is 11.8. The lowest BCUT2D eigenvalue weighted by atomic mass is 10.1. The highest BCUT2D eigenvalue weighted by atomic mass is 35.5. The third kappa shape index (κ3) is 4.19. The zero-order valence-corrected chi connectivity index (χ0v) is 13.6. The monoisotopic (exact) mass is 359 g/mol. The molecule has 2 aromatic rings. The normalized spacial score (nSPS) is 10.7. The third-order valence-corrected chi connectivity index (χ3v) is 3.77. The molecule has 0 heterocycles. The fourth-order valence-electron chi connectivity index (χ4n) is 2.01. The topological polar surface area (TPSA) is 38.3 Å². The minimum absolute atomic E-state index is 0.0129. The van der Waals surface area contributed by atoms with Gasteiger partial charge in [0.2, 0.25) is 0 Å². The van der Waals surface area contributed by atoms with Crippen molar-refractivity contribution in [1.82, 2.24) is 5.32 Å². The number of hydrogen-bond acceptors (Lipinski definition) is 2. The fraction of sp³-hybridized carbons (Fsp3) is 0.188. The predicted octanol–water partition coefficient (Wildman–Crippen LogP) is 4.35. The molecule has 0 radical (unpaired) electrons. The van der Waals surface area contributed by atoms with Gasteiger partial charge in [0.25, 0.3) is 5.91 Å². The van der Waals surface area contributed by atoms with Crippen LogP contribution in [0.2, 0.25) is 10.0 Å². The van der Waals surface area contributed by atoms with E-state index < -0.39 is 17.5 Å².